The van der Waals surface area contributed by atoms with Crippen molar-refractivity contribution in [2.45, 2.75) is 58.3 Å². The first kappa shape index (κ1) is 29.3. The number of hydrogen-bond donors (Lipinski definition) is 3. The highest BCUT2D eigenvalue weighted by Crippen LogP contribution is 2.27. The zero-order valence-corrected chi connectivity index (χ0v) is 24.1. The number of urea groups is 1. The van der Waals surface area contributed by atoms with Gasteiger partial charge in [-0.3, -0.25) is 4.79 Å². The van der Waals surface area contributed by atoms with Gasteiger partial charge in [0, 0.05) is 29.9 Å². The molecule has 9 heteroatoms. The summed E-state index contributed by atoms with van der Waals surface area (Å²) in [6, 6.07) is 23.8. The molecule has 0 aromatic heterocycles. The van der Waals surface area contributed by atoms with Crippen molar-refractivity contribution in [3.8, 4) is 0 Å². The van der Waals surface area contributed by atoms with Crippen LogP contribution in [-0.4, -0.2) is 48.6 Å². The largest absolute Gasteiger partial charge is 0.444 e. The second-order valence-corrected chi connectivity index (χ2v) is 10.9. The van der Waals surface area contributed by atoms with Gasteiger partial charge in [-0.15, -0.1) is 0 Å². The van der Waals surface area contributed by atoms with E-state index in [1.165, 1.54) is 4.90 Å². The maximum atomic E-state index is 13.4. The Morgan fingerprint density at radius 2 is 1.71 bits per heavy atom. The van der Waals surface area contributed by atoms with E-state index in [-0.39, 0.29) is 11.9 Å². The van der Waals surface area contributed by atoms with Crippen LogP contribution in [0.4, 0.5) is 21.0 Å². The molecule has 1 aliphatic rings. The molecule has 0 fully saturated rings. The van der Waals surface area contributed by atoms with Crippen LogP contribution in [0, 0.1) is 0 Å². The standard InChI is InChI=1S/C32H37N5O4/c1-6-23(34-31(40)41-32(2,3)4)19-21-13-12-16-24(20-21)33-30(39)36-28-29(38)37(5)26-18-11-10-17-25(26)27(35-28)22-14-8-7-9-15-22/h7-18,20,23,28H,6,19H2,1-5H3,(H,34,40)(H2,33,36,39)/t23-,28+/m1/s1. The van der Waals surface area contributed by atoms with Gasteiger partial charge in [0.05, 0.1) is 11.4 Å². The molecule has 3 N–H and O–H groups in total. The summed E-state index contributed by atoms with van der Waals surface area (Å²) in [6.45, 7) is 7.45. The van der Waals surface area contributed by atoms with Crippen molar-refractivity contribution < 1.29 is 19.1 Å². The smallest absolute Gasteiger partial charge is 0.407 e. The Morgan fingerprint density at radius 3 is 2.41 bits per heavy atom. The van der Waals surface area contributed by atoms with Crippen molar-refractivity contribution in [2.75, 3.05) is 17.3 Å². The molecule has 0 spiro atoms. The fourth-order valence-electron chi connectivity index (χ4n) is 4.57. The van der Waals surface area contributed by atoms with Crippen LogP contribution < -0.4 is 20.9 Å². The van der Waals surface area contributed by atoms with Crippen LogP contribution in [-0.2, 0) is 16.0 Å². The van der Waals surface area contributed by atoms with Crippen LogP contribution in [0.1, 0.15) is 50.8 Å². The third-order valence-corrected chi connectivity index (χ3v) is 6.54. The lowest BCUT2D eigenvalue weighted by atomic mass is 10.0. The summed E-state index contributed by atoms with van der Waals surface area (Å²) < 4.78 is 5.38. The van der Waals surface area contributed by atoms with E-state index in [9.17, 15) is 14.4 Å². The molecule has 3 aromatic rings. The molecule has 3 aromatic carbocycles. The number of ether oxygens (including phenoxy) is 1. The maximum Gasteiger partial charge on any atom is 0.407 e. The van der Waals surface area contributed by atoms with Crippen molar-refractivity contribution in [2.24, 2.45) is 4.99 Å². The Bertz CT molecular complexity index is 1430. The van der Waals surface area contributed by atoms with Crippen molar-refractivity contribution >= 4 is 35.1 Å². The summed E-state index contributed by atoms with van der Waals surface area (Å²) in [7, 11) is 1.68. The topological polar surface area (TPSA) is 112 Å². The van der Waals surface area contributed by atoms with Crippen LogP contribution in [0.3, 0.4) is 0 Å². The molecular weight excluding hydrogens is 518 g/mol. The molecule has 1 aliphatic heterocycles. The lowest BCUT2D eigenvalue weighted by molar-refractivity contribution is -0.119. The fourth-order valence-corrected chi connectivity index (χ4v) is 4.57. The summed E-state index contributed by atoms with van der Waals surface area (Å²) in [5.41, 5.74) is 3.87. The Kier molecular flexibility index (Phi) is 9.07. The number of amides is 4. The first-order valence-corrected chi connectivity index (χ1v) is 13.7. The first-order valence-electron chi connectivity index (χ1n) is 13.7. The van der Waals surface area contributed by atoms with E-state index >= 15 is 0 Å². The van der Waals surface area contributed by atoms with E-state index in [1.807, 2.05) is 100 Å². The Morgan fingerprint density at radius 1 is 1.00 bits per heavy atom. The van der Waals surface area contributed by atoms with Crippen LogP contribution in [0.15, 0.2) is 83.9 Å². The Balaban J connectivity index is 1.48. The molecule has 9 nitrogen and oxygen atoms in total. The zero-order chi connectivity index (χ0) is 29.6. The summed E-state index contributed by atoms with van der Waals surface area (Å²) in [5, 5.41) is 8.47. The highest BCUT2D eigenvalue weighted by molar-refractivity contribution is 6.20. The molecule has 0 radical (unpaired) electrons. The molecular formula is C32H37N5O4. The average molecular weight is 556 g/mol. The molecule has 4 amide bonds. The molecule has 0 unspecified atom stereocenters. The van der Waals surface area contributed by atoms with Crippen molar-refractivity contribution in [1.29, 1.82) is 0 Å². The normalized spacial score (nSPS) is 15.6. The van der Waals surface area contributed by atoms with Gasteiger partial charge in [0.2, 0.25) is 6.17 Å². The maximum absolute atomic E-state index is 13.4. The molecule has 0 bridgehead atoms. The van der Waals surface area contributed by atoms with Gasteiger partial charge in [0.15, 0.2) is 0 Å². The number of benzodiazepines with no additional fused rings is 1. The van der Waals surface area contributed by atoms with E-state index in [0.29, 0.717) is 29.9 Å². The number of carbonyl (C=O) groups excluding carboxylic acids is 3. The van der Waals surface area contributed by atoms with Gasteiger partial charge in [0.1, 0.15) is 5.60 Å². The number of rotatable bonds is 7. The van der Waals surface area contributed by atoms with Gasteiger partial charge in [-0.1, -0.05) is 67.6 Å². The number of anilines is 2. The van der Waals surface area contributed by atoms with E-state index in [2.05, 4.69) is 16.0 Å². The van der Waals surface area contributed by atoms with E-state index in [4.69, 9.17) is 9.73 Å². The van der Waals surface area contributed by atoms with Crippen LogP contribution in [0.2, 0.25) is 0 Å². The lowest BCUT2D eigenvalue weighted by Gasteiger charge is -2.23. The molecule has 41 heavy (non-hydrogen) atoms. The minimum atomic E-state index is -1.13. The predicted molar refractivity (Wildman–Crippen MR) is 161 cm³/mol. The van der Waals surface area contributed by atoms with Crippen LogP contribution in [0.5, 0.6) is 0 Å². The van der Waals surface area contributed by atoms with Crippen molar-refractivity contribution in [1.82, 2.24) is 10.6 Å². The average Bonchev–Trinajstić information content (AvgIpc) is 3.03. The number of nitrogens with zero attached hydrogens (tertiary/aromatic N) is 2. The molecule has 2 atom stereocenters. The van der Waals surface area contributed by atoms with Gasteiger partial charge in [-0.25, -0.2) is 14.6 Å². The van der Waals surface area contributed by atoms with Gasteiger partial charge in [-0.2, -0.15) is 0 Å². The number of para-hydroxylation sites is 1. The van der Waals surface area contributed by atoms with E-state index in [1.54, 1.807) is 13.1 Å². The number of likely N-dealkylation sites (N-methyl/N-ethyl adjacent to an activating group) is 1. The van der Waals surface area contributed by atoms with E-state index in [0.717, 1.165) is 16.7 Å². The molecule has 1 heterocycles. The number of nitrogens with one attached hydrogen (secondary N) is 3. The lowest BCUT2D eigenvalue weighted by Crippen LogP contribution is -2.47. The number of aliphatic imine (C=N–C) groups is 1. The zero-order valence-electron chi connectivity index (χ0n) is 24.1. The van der Waals surface area contributed by atoms with Gasteiger partial charge in [0.25, 0.3) is 5.91 Å². The number of hydrogen-bond acceptors (Lipinski definition) is 5. The van der Waals surface area contributed by atoms with Gasteiger partial charge >= 0.3 is 12.1 Å². The summed E-state index contributed by atoms with van der Waals surface area (Å²) in [6.07, 6.45) is -0.331. The monoisotopic (exact) mass is 555 g/mol. The molecule has 0 saturated heterocycles. The van der Waals surface area contributed by atoms with Crippen molar-refractivity contribution in [3.05, 3.63) is 95.6 Å². The highest BCUT2D eigenvalue weighted by Gasteiger charge is 2.31. The summed E-state index contributed by atoms with van der Waals surface area (Å²) in [4.78, 5) is 45.0. The first-order chi connectivity index (χ1) is 19.5. The third-order valence-electron chi connectivity index (χ3n) is 6.54. The second kappa shape index (κ2) is 12.7. The molecule has 214 valence electrons. The number of carbonyl (C=O) groups is 3. The molecule has 0 aliphatic carbocycles. The van der Waals surface area contributed by atoms with Crippen molar-refractivity contribution in [3.63, 3.8) is 0 Å². The van der Waals surface area contributed by atoms with E-state index < -0.39 is 23.9 Å². The second-order valence-electron chi connectivity index (χ2n) is 10.9. The van der Waals surface area contributed by atoms with Gasteiger partial charge in [-0.05, 0) is 57.4 Å². The third kappa shape index (κ3) is 7.72. The molecule has 4 rings (SSSR count). The Labute approximate surface area is 241 Å². The SMILES string of the molecule is CC[C@H](Cc1cccc(NC(=O)N[C@@H]2N=C(c3ccccc3)c3ccccc3N(C)C2=O)c1)NC(=O)OC(C)(C)C. The molecule has 0 saturated carbocycles. The van der Waals surface area contributed by atoms with Crippen LogP contribution in [0.25, 0.3) is 0 Å². The highest BCUT2D eigenvalue weighted by atomic mass is 16.6. The minimum absolute atomic E-state index is 0.138. The minimum Gasteiger partial charge on any atom is -0.444 e. The van der Waals surface area contributed by atoms with Crippen LogP contribution >= 0.6 is 0 Å². The number of benzene rings is 3. The number of fused-ring (bicyclic) bond motifs is 1. The fraction of sp³-hybridized carbons (Fsp3) is 0.312. The Hall–Kier alpha value is -4.66. The van der Waals surface area contributed by atoms with Gasteiger partial charge < -0.3 is 25.6 Å². The summed E-state index contributed by atoms with van der Waals surface area (Å²) in [5.74, 6) is -0.355. The predicted octanol–water partition coefficient (Wildman–Crippen LogP) is 5.49. The number of alkyl carbamates (subject to hydrolysis) is 1. The quantitative estimate of drug-likeness (QED) is 0.358. The summed E-state index contributed by atoms with van der Waals surface area (Å²) >= 11 is 0.